The highest BCUT2D eigenvalue weighted by Crippen LogP contribution is 2.14. The van der Waals surface area contributed by atoms with Crippen molar-refractivity contribution in [2.75, 3.05) is 13.1 Å². The minimum absolute atomic E-state index is 0.482. The molecule has 1 aliphatic rings. The van der Waals surface area contributed by atoms with Crippen LogP contribution < -0.4 is 0 Å². The van der Waals surface area contributed by atoms with Gasteiger partial charge in [0.1, 0.15) is 0 Å². The van der Waals surface area contributed by atoms with Gasteiger partial charge in [0.2, 0.25) is 0 Å². The zero-order valence-corrected chi connectivity index (χ0v) is 10.1. The number of nitriles is 1. The van der Waals surface area contributed by atoms with Crippen LogP contribution in [0.2, 0.25) is 0 Å². The molecular formula is C15H18N2. The zero-order chi connectivity index (χ0) is 11.9. The lowest BCUT2D eigenvalue weighted by atomic mass is 10.1. The molecule has 1 saturated heterocycles. The number of benzene rings is 1. The molecule has 2 nitrogen and oxygen atoms in total. The van der Waals surface area contributed by atoms with Crippen LogP contribution in [0.5, 0.6) is 0 Å². The second-order valence-electron chi connectivity index (χ2n) is 4.49. The largest absolute Gasteiger partial charge is 0.299 e. The molecule has 1 aromatic rings. The van der Waals surface area contributed by atoms with Crippen molar-refractivity contribution in [2.45, 2.75) is 25.8 Å². The maximum Gasteiger partial charge on any atom is 0.0663 e. The van der Waals surface area contributed by atoms with E-state index in [4.69, 9.17) is 5.26 Å². The van der Waals surface area contributed by atoms with Gasteiger partial charge in [-0.05, 0) is 37.1 Å². The lowest BCUT2D eigenvalue weighted by Crippen LogP contribution is -2.18. The summed E-state index contributed by atoms with van der Waals surface area (Å²) in [6.45, 7) is 3.52. The summed E-state index contributed by atoms with van der Waals surface area (Å²) in [4.78, 5) is 2.50. The third kappa shape index (κ3) is 3.72. The van der Waals surface area contributed by atoms with Gasteiger partial charge in [0.05, 0.1) is 12.5 Å². The molecule has 0 bridgehead atoms. The third-order valence-corrected chi connectivity index (χ3v) is 3.08. The lowest BCUT2D eigenvalue weighted by Gasteiger charge is -2.14. The molecule has 0 radical (unpaired) electrons. The van der Waals surface area contributed by atoms with Crippen molar-refractivity contribution in [3.63, 3.8) is 0 Å². The first-order valence-corrected chi connectivity index (χ1v) is 6.23. The van der Waals surface area contributed by atoms with Crippen molar-refractivity contribution in [3.8, 4) is 6.07 Å². The standard InChI is InChI=1S/C15H18N2/c16-9-2-1-6-14-7-5-8-15(12-14)13-17-10-3-4-11-17/h1,5-8,12H,2-4,10-11,13H2. The van der Waals surface area contributed by atoms with Gasteiger partial charge in [0.15, 0.2) is 0 Å². The molecule has 0 amide bonds. The molecule has 2 rings (SSSR count). The van der Waals surface area contributed by atoms with Crippen LogP contribution in [0.1, 0.15) is 30.4 Å². The number of allylic oxidation sites excluding steroid dienone is 1. The van der Waals surface area contributed by atoms with Crippen molar-refractivity contribution >= 4 is 6.08 Å². The van der Waals surface area contributed by atoms with E-state index in [9.17, 15) is 0 Å². The molecule has 1 aromatic carbocycles. The molecule has 0 atom stereocenters. The number of rotatable bonds is 4. The first-order chi connectivity index (χ1) is 8.38. The fraction of sp³-hybridized carbons (Fsp3) is 0.400. The second-order valence-corrected chi connectivity index (χ2v) is 4.49. The van der Waals surface area contributed by atoms with Gasteiger partial charge < -0.3 is 0 Å². The first-order valence-electron chi connectivity index (χ1n) is 6.23. The highest BCUT2D eigenvalue weighted by atomic mass is 15.1. The van der Waals surface area contributed by atoms with Crippen LogP contribution in [-0.4, -0.2) is 18.0 Å². The molecule has 0 saturated carbocycles. The van der Waals surface area contributed by atoms with E-state index in [0.717, 1.165) is 6.54 Å². The summed E-state index contributed by atoms with van der Waals surface area (Å²) in [5, 5.41) is 8.48. The number of hydrogen-bond acceptors (Lipinski definition) is 2. The van der Waals surface area contributed by atoms with Crippen LogP contribution in [0.25, 0.3) is 6.08 Å². The van der Waals surface area contributed by atoms with Crippen LogP contribution in [-0.2, 0) is 6.54 Å². The minimum Gasteiger partial charge on any atom is -0.299 e. The van der Waals surface area contributed by atoms with Gasteiger partial charge in [-0.15, -0.1) is 0 Å². The van der Waals surface area contributed by atoms with E-state index in [1.54, 1.807) is 0 Å². The molecule has 0 spiro atoms. The van der Waals surface area contributed by atoms with Gasteiger partial charge in [-0.2, -0.15) is 5.26 Å². The predicted molar refractivity (Wildman–Crippen MR) is 70.2 cm³/mol. The fourth-order valence-electron chi connectivity index (χ4n) is 2.24. The molecule has 17 heavy (non-hydrogen) atoms. The first kappa shape index (κ1) is 11.9. The van der Waals surface area contributed by atoms with Crippen molar-refractivity contribution in [2.24, 2.45) is 0 Å². The Hall–Kier alpha value is -1.59. The van der Waals surface area contributed by atoms with Crippen LogP contribution >= 0.6 is 0 Å². The summed E-state index contributed by atoms with van der Waals surface area (Å²) in [7, 11) is 0. The average Bonchev–Trinajstić information content (AvgIpc) is 2.83. The quantitative estimate of drug-likeness (QED) is 0.788. The molecule has 0 N–H and O–H groups in total. The van der Waals surface area contributed by atoms with E-state index >= 15 is 0 Å². The van der Waals surface area contributed by atoms with Crippen molar-refractivity contribution in [1.29, 1.82) is 5.26 Å². The van der Waals surface area contributed by atoms with Crippen molar-refractivity contribution < 1.29 is 0 Å². The summed E-state index contributed by atoms with van der Waals surface area (Å²) < 4.78 is 0. The van der Waals surface area contributed by atoms with Gasteiger partial charge in [0.25, 0.3) is 0 Å². The summed E-state index contributed by atoms with van der Waals surface area (Å²) in [5.41, 5.74) is 2.56. The Labute approximate surface area is 103 Å². The molecule has 1 fully saturated rings. The maximum atomic E-state index is 8.48. The number of hydrogen-bond donors (Lipinski definition) is 0. The van der Waals surface area contributed by atoms with Crippen LogP contribution in [0.15, 0.2) is 30.3 Å². The molecule has 0 aromatic heterocycles. The van der Waals surface area contributed by atoms with Gasteiger partial charge in [-0.25, -0.2) is 0 Å². The van der Waals surface area contributed by atoms with Gasteiger partial charge in [-0.1, -0.05) is 36.4 Å². The Morgan fingerprint density at radius 1 is 1.29 bits per heavy atom. The highest BCUT2D eigenvalue weighted by Gasteiger charge is 2.11. The Kier molecular flexibility index (Phi) is 4.35. The average molecular weight is 226 g/mol. The molecule has 88 valence electrons. The SMILES string of the molecule is N#CCC=Cc1cccc(CN2CCCC2)c1. The lowest BCUT2D eigenvalue weighted by molar-refractivity contribution is 0.331. The van der Waals surface area contributed by atoms with Crippen LogP contribution in [0.4, 0.5) is 0 Å². The fourth-order valence-corrected chi connectivity index (χ4v) is 2.24. The van der Waals surface area contributed by atoms with Crippen molar-refractivity contribution in [1.82, 2.24) is 4.90 Å². The normalized spacial score (nSPS) is 16.4. The van der Waals surface area contributed by atoms with E-state index in [0.29, 0.717) is 6.42 Å². The second kappa shape index (κ2) is 6.22. The van der Waals surface area contributed by atoms with E-state index < -0.39 is 0 Å². The highest BCUT2D eigenvalue weighted by molar-refractivity contribution is 5.50. The Morgan fingerprint density at radius 3 is 2.88 bits per heavy atom. The molecule has 2 heteroatoms. The van der Waals surface area contributed by atoms with Gasteiger partial charge in [0, 0.05) is 6.54 Å². The van der Waals surface area contributed by atoms with Crippen molar-refractivity contribution in [3.05, 3.63) is 41.5 Å². The van der Waals surface area contributed by atoms with E-state index in [-0.39, 0.29) is 0 Å². The molecule has 0 unspecified atom stereocenters. The maximum absolute atomic E-state index is 8.48. The third-order valence-electron chi connectivity index (χ3n) is 3.08. The summed E-state index contributed by atoms with van der Waals surface area (Å²) in [6.07, 6.45) is 7.09. The number of likely N-dealkylation sites (tertiary alicyclic amines) is 1. The van der Waals surface area contributed by atoms with E-state index in [1.807, 2.05) is 12.2 Å². The molecule has 1 heterocycles. The molecule has 0 aliphatic carbocycles. The number of nitrogens with zero attached hydrogens (tertiary/aromatic N) is 2. The predicted octanol–water partition coefficient (Wildman–Crippen LogP) is 3.21. The zero-order valence-electron chi connectivity index (χ0n) is 10.1. The Bertz CT molecular complexity index is 423. The van der Waals surface area contributed by atoms with E-state index in [1.165, 1.54) is 37.1 Å². The summed E-state index contributed by atoms with van der Waals surface area (Å²) >= 11 is 0. The van der Waals surface area contributed by atoms with Crippen LogP contribution in [0, 0.1) is 11.3 Å². The minimum atomic E-state index is 0.482. The summed E-state index contributed by atoms with van der Waals surface area (Å²) in [5.74, 6) is 0. The van der Waals surface area contributed by atoms with Gasteiger partial charge in [-0.3, -0.25) is 4.90 Å². The van der Waals surface area contributed by atoms with Crippen LogP contribution in [0.3, 0.4) is 0 Å². The Balaban J connectivity index is 1.98. The topological polar surface area (TPSA) is 27.0 Å². The molecular weight excluding hydrogens is 208 g/mol. The summed E-state index contributed by atoms with van der Waals surface area (Å²) in [6, 6.07) is 10.7. The van der Waals surface area contributed by atoms with E-state index in [2.05, 4.69) is 35.2 Å². The smallest absolute Gasteiger partial charge is 0.0663 e. The molecule has 1 aliphatic heterocycles. The Morgan fingerprint density at radius 2 is 2.12 bits per heavy atom. The monoisotopic (exact) mass is 226 g/mol. The van der Waals surface area contributed by atoms with Gasteiger partial charge >= 0.3 is 0 Å².